The summed E-state index contributed by atoms with van der Waals surface area (Å²) in [5.74, 6) is 0. The van der Waals surface area contributed by atoms with Crippen LogP contribution in [0.3, 0.4) is 0 Å². The van der Waals surface area contributed by atoms with Gasteiger partial charge in [-0.25, -0.2) is 0 Å². The van der Waals surface area contributed by atoms with Crippen molar-refractivity contribution in [2.75, 3.05) is 0 Å². The van der Waals surface area contributed by atoms with Crippen LogP contribution in [0.1, 0.15) is 85.8 Å². The van der Waals surface area contributed by atoms with Crippen LogP contribution in [0.5, 0.6) is 0 Å². The summed E-state index contributed by atoms with van der Waals surface area (Å²) < 4.78 is 15.2. The SMILES string of the molecule is CCC[CH2][Sn]([CH2]CCC)([CH2]CCC)[c]1c(CO[Si](C)(C)C(C)(C)C)nnn1C[Si](C)(C)C. The molecule has 0 N–H and O–H groups in total. The second-order valence-corrected chi connectivity index (χ2v) is 35.9. The van der Waals surface area contributed by atoms with Crippen LogP contribution in [0.4, 0.5) is 0 Å². The molecule has 1 aromatic heterocycles. The number of hydrogen-bond donors (Lipinski definition) is 0. The van der Waals surface area contributed by atoms with Crippen LogP contribution >= 0.6 is 0 Å². The minimum atomic E-state index is -2.69. The van der Waals surface area contributed by atoms with Crippen molar-refractivity contribution >= 4 is 38.5 Å². The number of aromatic nitrogens is 3. The zero-order valence-electron chi connectivity index (χ0n) is 23.5. The predicted molar refractivity (Wildman–Crippen MR) is 150 cm³/mol. The fourth-order valence-corrected chi connectivity index (χ4v) is 23.8. The molecular formula is C25H55N3OSi2Sn. The summed E-state index contributed by atoms with van der Waals surface area (Å²) in [7, 11) is -3.14. The molecule has 0 radical (unpaired) electrons. The monoisotopic (exact) mass is 589 g/mol. The van der Waals surface area contributed by atoms with E-state index >= 15 is 0 Å². The Balaban J connectivity index is 3.54. The molecule has 0 fully saturated rings. The first kappa shape index (κ1) is 30.4. The topological polar surface area (TPSA) is 39.9 Å². The Morgan fingerprint density at radius 1 is 0.844 bits per heavy atom. The molecular weight excluding hydrogens is 533 g/mol. The maximum atomic E-state index is 6.74. The Kier molecular flexibility index (Phi) is 12.2. The summed E-state index contributed by atoms with van der Waals surface area (Å²) in [5.41, 5.74) is 1.21. The van der Waals surface area contributed by atoms with Gasteiger partial charge in [-0.3, -0.25) is 0 Å². The summed E-state index contributed by atoms with van der Waals surface area (Å²) in [6, 6.07) is 0. The average molecular weight is 589 g/mol. The van der Waals surface area contributed by atoms with Gasteiger partial charge in [-0.1, -0.05) is 0 Å². The molecule has 7 heteroatoms. The molecule has 0 amide bonds. The predicted octanol–water partition coefficient (Wildman–Crippen LogP) is 7.73. The number of nitrogens with zero attached hydrogens (tertiary/aromatic N) is 3. The van der Waals surface area contributed by atoms with Gasteiger partial charge in [0, 0.05) is 0 Å². The average Bonchev–Trinajstić information content (AvgIpc) is 3.07. The van der Waals surface area contributed by atoms with Crippen LogP contribution in [0, 0.1) is 0 Å². The standard InChI is InChI=1S/C13H28N3OSi2.3C4H9.Sn/c1-13(2,3)19(7,8)17-10-12-9-16(15-14-12)11-18(4,5)6;3*1-3-4-2;/h10-11H2,1-8H3;3*1,3-4H2,2H3;. The molecule has 32 heavy (non-hydrogen) atoms. The summed E-state index contributed by atoms with van der Waals surface area (Å²) >= 11 is -2.69. The van der Waals surface area contributed by atoms with E-state index in [9.17, 15) is 0 Å². The molecule has 188 valence electrons. The Morgan fingerprint density at radius 2 is 1.31 bits per heavy atom. The van der Waals surface area contributed by atoms with E-state index in [1.54, 1.807) is 3.71 Å². The summed E-state index contributed by atoms with van der Waals surface area (Å²) in [6.07, 6.45) is 9.07. The van der Waals surface area contributed by atoms with Crippen LogP contribution in [-0.4, -0.2) is 49.8 Å². The molecule has 0 saturated carbocycles. The van der Waals surface area contributed by atoms with Crippen LogP contribution in [0.2, 0.25) is 51.1 Å². The summed E-state index contributed by atoms with van der Waals surface area (Å²) in [5, 5.41) is 9.92. The van der Waals surface area contributed by atoms with Crippen molar-refractivity contribution in [1.82, 2.24) is 15.0 Å². The third kappa shape index (κ3) is 8.84. The molecule has 0 aliphatic heterocycles. The fourth-order valence-electron chi connectivity index (χ4n) is 4.33. The Hall–Kier alpha value is 0.332. The normalized spacial score (nSPS) is 13.7. The first-order valence-electron chi connectivity index (χ1n) is 13.3. The van der Waals surface area contributed by atoms with E-state index in [4.69, 9.17) is 14.7 Å². The third-order valence-electron chi connectivity index (χ3n) is 7.33. The molecule has 0 unspecified atom stereocenters. The fraction of sp³-hybridized carbons (Fsp3) is 0.920. The quantitative estimate of drug-likeness (QED) is 0.197. The van der Waals surface area contributed by atoms with E-state index in [-0.39, 0.29) is 5.04 Å². The summed E-state index contributed by atoms with van der Waals surface area (Å²) in [4.78, 5) is 0. The minimum absolute atomic E-state index is 0.217. The van der Waals surface area contributed by atoms with Gasteiger partial charge < -0.3 is 0 Å². The first-order valence-corrected chi connectivity index (χ1v) is 27.4. The molecule has 0 bridgehead atoms. The van der Waals surface area contributed by atoms with Crippen molar-refractivity contribution in [2.24, 2.45) is 0 Å². The molecule has 0 atom stereocenters. The Labute approximate surface area is 206 Å². The number of rotatable bonds is 15. The number of hydrogen-bond acceptors (Lipinski definition) is 3. The van der Waals surface area contributed by atoms with E-state index < -0.39 is 34.8 Å². The van der Waals surface area contributed by atoms with Crippen molar-refractivity contribution in [3.63, 3.8) is 0 Å². The van der Waals surface area contributed by atoms with Crippen LogP contribution in [0.25, 0.3) is 0 Å². The molecule has 1 heterocycles. The van der Waals surface area contributed by atoms with E-state index in [0.29, 0.717) is 6.61 Å². The molecule has 0 aliphatic carbocycles. The molecule has 0 aromatic carbocycles. The van der Waals surface area contributed by atoms with E-state index in [0.717, 1.165) is 6.17 Å². The molecule has 1 rings (SSSR count). The van der Waals surface area contributed by atoms with Crippen molar-refractivity contribution in [2.45, 2.75) is 144 Å². The van der Waals surface area contributed by atoms with Gasteiger partial charge >= 0.3 is 208 Å². The first-order chi connectivity index (χ1) is 14.7. The van der Waals surface area contributed by atoms with E-state index in [1.807, 2.05) is 0 Å². The number of unbranched alkanes of at least 4 members (excludes halogenated alkanes) is 3. The van der Waals surface area contributed by atoms with E-state index in [2.05, 4.69) is 79.0 Å². The van der Waals surface area contributed by atoms with Crippen molar-refractivity contribution < 1.29 is 4.43 Å². The van der Waals surface area contributed by atoms with Gasteiger partial charge in [0.15, 0.2) is 0 Å². The van der Waals surface area contributed by atoms with Crippen molar-refractivity contribution in [3.8, 4) is 0 Å². The van der Waals surface area contributed by atoms with Gasteiger partial charge in [0.2, 0.25) is 0 Å². The van der Waals surface area contributed by atoms with Gasteiger partial charge in [-0.2, -0.15) is 0 Å². The molecule has 4 nitrogen and oxygen atoms in total. The van der Waals surface area contributed by atoms with Gasteiger partial charge in [0.1, 0.15) is 0 Å². The second-order valence-electron chi connectivity index (χ2n) is 12.7. The molecule has 0 spiro atoms. The van der Waals surface area contributed by atoms with Gasteiger partial charge in [0.05, 0.1) is 0 Å². The molecule has 1 aromatic rings. The second kappa shape index (κ2) is 12.9. The van der Waals surface area contributed by atoms with Crippen LogP contribution in [-0.2, 0) is 17.2 Å². The molecule has 0 aliphatic rings. The maximum absolute atomic E-state index is 6.74. The van der Waals surface area contributed by atoms with Gasteiger partial charge in [-0.05, 0) is 0 Å². The van der Waals surface area contributed by atoms with Gasteiger partial charge in [0.25, 0.3) is 0 Å². The zero-order valence-corrected chi connectivity index (χ0v) is 28.4. The van der Waals surface area contributed by atoms with Crippen LogP contribution < -0.4 is 3.71 Å². The van der Waals surface area contributed by atoms with Gasteiger partial charge in [-0.15, -0.1) is 0 Å². The van der Waals surface area contributed by atoms with Crippen molar-refractivity contribution in [1.29, 1.82) is 0 Å². The summed E-state index contributed by atoms with van der Waals surface area (Å²) in [6.45, 7) is 26.8. The van der Waals surface area contributed by atoms with Crippen molar-refractivity contribution in [3.05, 3.63) is 5.69 Å². The Morgan fingerprint density at radius 3 is 1.69 bits per heavy atom. The molecule has 0 saturated heterocycles. The third-order valence-corrected chi connectivity index (χ3v) is 28.7. The zero-order chi connectivity index (χ0) is 24.6. The Bertz CT molecular complexity index is 656. The van der Waals surface area contributed by atoms with Crippen LogP contribution in [0.15, 0.2) is 0 Å². The van der Waals surface area contributed by atoms with E-state index in [1.165, 1.54) is 57.5 Å².